The highest BCUT2D eigenvalue weighted by atomic mass is 32.2. The molecule has 56 heavy (non-hydrogen) atoms. The summed E-state index contributed by atoms with van der Waals surface area (Å²) in [5.41, 5.74) is -4.39. The lowest BCUT2D eigenvalue weighted by Crippen LogP contribution is -2.53. The lowest BCUT2D eigenvalue weighted by molar-refractivity contribution is -0.166. The highest BCUT2D eigenvalue weighted by molar-refractivity contribution is 8.00. The Hall–Kier alpha value is -4.22. The molecule has 0 aliphatic carbocycles. The number of unbranched alkanes of at least 4 members (excludes halogenated alkanes) is 1. The minimum Gasteiger partial charge on any atom is -0.444 e. The first-order valence-corrected chi connectivity index (χ1v) is 20.5. The first-order valence-electron chi connectivity index (χ1n) is 17.8. The summed E-state index contributed by atoms with van der Waals surface area (Å²) in [5.74, 6) is -2.42. The van der Waals surface area contributed by atoms with Crippen molar-refractivity contribution >= 4 is 51.6 Å². The Morgan fingerprint density at radius 3 is 2.21 bits per heavy atom. The number of nitrogens with zero attached hydrogens (tertiary/aromatic N) is 2. The molecule has 0 aromatic heterocycles. The SMILES string of the molecule is CC(C)(C)OC(=O)N[C@@H](CS(=O)(=O)NC(=O)c1ccc(C2(C(F)(F)F)N=N2)cc1)C(=O)NCCOCCOCCNC(=O)CCCC[C@@H]1SCC2NC(=O)NC21. The number of ether oxygens (including phenoxy) is 3. The number of sulfonamides is 1. The number of urea groups is 1. The zero-order valence-electron chi connectivity index (χ0n) is 31.0. The van der Waals surface area contributed by atoms with Crippen LogP contribution in [0.5, 0.6) is 0 Å². The number of benzene rings is 1. The summed E-state index contributed by atoms with van der Waals surface area (Å²) in [6.07, 6.45) is -2.97. The van der Waals surface area contributed by atoms with Crippen LogP contribution in [-0.2, 0) is 39.5 Å². The molecule has 1 aromatic rings. The normalized spacial score (nSPS) is 20.2. The molecule has 4 rings (SSSR count). The van der Waals surface area contributed by atoms with Gasteiger partial charge in [0.15, 0.2) is 0 Å². The van der Waals surface area contributed by atoms with Gasteiger partial charge in [-0.15, -0.1) is 10.2 Å². The van der Waals surface area contributed by atoms with Crippen LogP contribution in [0.4, 0.5) is 22.8 Å². The lowest BCUT2D eigenvalue weighted by Gasteiger charge is -2.23. The van der Waals surface area contributed by atoms with Crippen molar-refractivity contribution in [2.75, 3.05) is 51.0 Å². The van der Waals surface area contributed by atoms with Crippen molar-refractivity contribution < 1.29 is 59.8 Å². The maximum atomic E-state index is 13.3. The smallest absolute Gasteiger partial charge is 0.442 e. The third kappa shape index (κ3) is 13.5. The van der Waals surface area contributed by atoms with Gasteiger partial charge in [0.25, 0.3) is 5.91 Å². The minimum absolute atomic E-state index is 0.00961. The number of alkyl halides is 3. The monoisotopic (exact) mass is 836 g/mol. The second kappa shape index (κ2) is 19.3. The van der Waals surface area contributed by atoms with Gasteiger partial charge in [-0.2, -0.15) is 24.9 Å². The van der Waals surface area contributed by atoms with Crippen LogP contribution in [0.2, 0.25) is 0 Å². The maximum absolute atomic E-state index is 13.3. The molecule has 2 unspecified atom stereocenters. The first-order chi connectivity index (χ1) is 26.3. The Labute approximate surface area is 326 Å². The second-order valence-electron chi connectivity index (χ2n) is 14.1. The van der Waals surface area contributed by atoms with E-state index in [1.165, 1.54) is 0 Å². The number of halogens is 3. The van der Waals surface area contributed by atoms with E-state index in [9.17, 15) is 45.6 Å². The molecule has 3 aliphatic rings. The average molecular weight is 837 g/mol. The fraction of sp³-hybridized carbons (Fsp3) is 0.667. The van der Waals surface area contributed by atoms with Gasteiger partial charge < -0.3 is 40.8 Å². The number of amides is 6. The van der Waals surface area contributed by atoms with E-state index >= 15 is 0 Å². The van der Waals surface area contributed by atoms with Gasteiger partial charge in [-0.05, 0) is 45.7 Å². The Morgan fingerprint density at radius 1 is 0.964 bits per heavy atom. The molecule has 4 atom stereocenters. The largest absolute Gasteiger partial charge is 0.444 e. The van der Waals surface area contributed by atoms with Gasteiger partial charge in [-0.1, -0.05) is 18.6 Å². The van der Waals surface area contributed by atoms with E-state index in [-0.39, 0.29) is 68.1 Å². The van der Waals surface area contributed by atoms with Crippen LogP contribution in [0, 0.1) is 0 Å². The van der Waals surface area contributed by atoms with Crippen LogP contribution in [0.1, 0.15) is 62.4 Å². The molecular weight excluding hydrogens is 790 g/mol. The molecule has 0 radical (unpaired) electrons. The van der Waals surface area contributed by atoms with Crippen molar-refractivity contribution in [1.29, 1.82) is 0 Å². The number of hydrogen-bond acceptors (Lipinski definition) is 13. The predicted molar refractivity (Wildman–Crippen MR) is 195 cm³/mol. The van der Waals surface area contributed by atoms with Gasteiger partial charge in [-0.3, -0.25) is 14.4 Å². The molecule has 0 spiro atoms. The molecule has 2 fully saturated rings. The summed E-state index contributed by atoms with van der Waals surface area (Å²) in [5, 5.41) is 19.8. The third-order valence-corrected chi connectivity index (χ3v) is 11.2. The van der Waals surface area contributed by atoms with Crippen molar-refractivity contribution in [3.05, 3.63) is 35.4 Å². The zero-order valence-corrected chi connectivity index (χ0v) is 32.7. The van der Waals surface area contributed by atoms with Crippen molar-refractivity contribution in [3.8, 4) is 0 Å². The van der Waals surface area contributed by atoms with Crippen molar-refractivity contribution in [3.63, 3.8) is 0 Å². The average Bonchev–Trinajstić information content (AvgIpc) is 3.74. The molecule has 0 bridgehead atoms. The summed E-state index contributed by atoms with van der Waals surface area (Å²) >= 11 is 1.84. The highest BCUT2D eigenvalue weighted by Gasteiger charge is 2.65. The highest BCUT2D eigenvalue weighted by Crippen LogP contribution is 2.52. The van der Waals surface area contributed by atoms with Gasteiger partial charge in [0.2, 0.25) is 21.8 Å². The molecule has 3 aliphatic heterocycles. The van der Waals surface area contributed by atoms with E-state index in [1.807, 2.05) is 11.8 Å². The quantitative estimate of drug-likeness (QED) is 0.0771. The predicted octanol–water partition coefficient (Wildman–Crippen LogP) is 1.81. The van der Waals surface area contributed by atoms with Crippen molar-refractivity contribution in [2.45, 2.75) is 87.3 Å². The molecule has 18 nitrogen and oxygen atoms in total. The van der Waals surface area contributed by atoms with Crippen LogP contribution in [-0.4, -0.2) is 124 Å². The number of hydrogen-bond donors (Lipinski definition) is 6. The topological polar surface area (TPSA) is 244 Å². The van der Waals surface area contributed by atoms with Gasteiger partial charge >= 0.3 is 24.0 Å². The number of carbonyl (C=O) groups excluding carboxylic acids is 5. The molecule has 312 valence electrons. The van der Waals surface area contributed by atoms with Crippen LogP contribution < -0.4 is 31.3 Å². The second-order valence-corrected chi connectivity index (χ2v) is 17.1. The van der Waals surface area contributed by atoms with Crippen LogP contribution >= 0.6 is 11.8 Å². The fourth-order valence-electron chi connectivity index (χ4n) is 5.71. The number of alkyl carbamates (subject to hydrolysis) is 1. The molecule has 1 aromatic carbocycles. The Bertz CT molecular complexity index is 1700. The van der Waals surface area contributed by atoms with Gasteiger partial charge in [0, 0.05) is 41.6 Å². The third-order valence-electron chi connectivity index (χ3n) is 8.45. The van der Waals surface area contributed by atoms with Gasteiger partial charge in [0.1, 0.15) is 11.6 Å². The summed E-state index contributed by atoms with van der Waals surface area (Å²) in [7, 11) is -4.62. The van der Waals surface area contributed by atoms with E-state index in [0.29, 0.717) is 18.2 Å². The summed E-state index contributed by atoms with van der Waals surface area (Å²) < 4.78 is 83.4. The van der Waals surface area contributed by atoms with E-state index in [1.54, 1.807) is 25.5 Å². The minimum atomic E-state index is -4.80. The van der Waals surface area contributed by atoms with Crippen LogP contribution in [0.3, 0.4) is 0 Å². The molecule has 23 heteroatoms. The Kier molecular flexibility index (Phi) is 15.3. The van der Waals surface area contributed by atoms with E-state index in [2.05, 4.69) is 36.8 Å². The summed E-state index contributed by atoms with van der Waals surface area (Å²) in [6, 6.07) is 2.29. The number of nitrogens with one attached hydrogen (secondary N) is 6. The lowest BCUT2D eigenvalue weighted by atomic mass is 10.0. The standard InChI is InChI=1S/C33H47F3N8O10S2/c1-31(2,3)54-30(49)40-23(19-56(50,51)42-27(46)20-8-10-21(11-9-20)32(43-44-32)33(34,35)36)28(47)38-13-15-53-17-16-52-14-12-37-25(45)7-5-4-6-24-26-22(18-55-24)39-29(48)41-26/h8-11,22-24,26H,4-7,12-19H2,1-3H3,(H,37,45)(H,38,47)(H,40,49)(H,42,46)(H2,39,41,48)/t22?,23-,24-,26?/m0/s1. The molecule has 3 heterocycles. The van der Waals surface area contributed by atoms with E-state index < -0.39 is 57.2 Å². The van der Waals surface area contributed by atoms with Crippen molar-refractivity contribution in [2.24, 2.45) is 10.2 Å². The molecule has 2 saturated heterocycles. The van der Waals surface area contributed by atoms with Crippen molar-refractivity contribution in [1.82, 2.24) is 31.3 Å². The Morgan fingerprint density at radius 2 is 1.61 bits per heavy atom. The van der Waals surface area contributed by atoms with Gasteiger partial charge in [-0.25, -0.2) is 22.7 Å². The fourth-order valence-corrected chi connectivity index (χ4v) is 8.41. The number of rotatable bonds is 21. The maximum Gasteiger partial charge on any atom is 0.442 e. The summed E-state index contributed by atoms with van der Waals surface area (Å²) in [6.45, 7) is 5.44. The van der Waals surface area contributed by atoms with E-state index in [4.69, 9.17) is 14.2 Å². The van der Waals surface area contributed by atoms with Gasteiger partial charge in [0.05, 0.1) is 44.3 Å². The van der Waals surface area contributed by atoms with Crippen LogP contribution in [0.15, 0.2) is 34.5 Å². The molecule has 0 saturated carbocycles. The summed E-state index contributed by atoms with van der Waals surface area (Å²) in [4.78, 5) is 61.7. The van der Waals surface area contributed by atoms with Crippen LogP contribution in [0.25, 0.3) is 0 Å². The number of carbonyl (C=O) groups is 5. The first kappa shape index (κ1) is 44.5. The van der Waals surface area contributed by atoms with E-state index in [0.717, 1.165) is 49.3 Å². The molecule has 6 amide bonds. The molecular formula is C33H47F3N8O10S2. The number of thioether (sulfide) groups is 1. The molecule has 6 N–H and O–H groups in total. The number of fused-ring (bicyclic) bond motifs is 1. The Balaban J connectivity index is 1.11. The zero-order chi connectivity index (χ0) is 41.1.